The Morgan fingerprint density at radius 1 is 1.17 bits per heavy atom. The van der Waals surface area contributed by atoms with E-state index in [9.17, 15) is 0 Å². The Morgan fingerprint density at radius 2 is 2.06 bits per heavy atom. The van der Waals surface area contributed by atoms with Crippen LogP contribution in [0.15, 0.2) is 42.6 Å². The van der Waals surface area contributed by atoms with Crippen LogP contribution in [0.4, 0.5) is 5.69 Å². The maximum Gasteiger partial charge on any atom is 0.170 e. The normalized spacial score (nSPS) is 10.7. The highest BCUT2D eigenvalue weighted by Crippen LogP contribution is 2.28. The van der Waals surface area contributed by atoms with Crippen LogP contribution in [0, 0.1) is 0 Å². The van der Waals surface area contributed by atoms with E-state index in [1.807, 2.05) is 40.9 Å². The number of hydrogen-bond donors (Lipinski definition) is 1. The van der Waals surface area contributed by atoms with E-state index < -0.39 is 0 Å². The Labute approximate surface area is 104 Å². The fraction of sp³-hybridized carbons (Fsp3) is 0.0769. The highest BCUT2D eigenvalue weighted by atomic mass is 16.5. The Hall–Kier alpha value is -2.56. The fourth-order valence-corrected chi connectivity index (χ4v) is 1.88. The third-order valence-corrected chi connectivity index (χ3v) is 2.82. The summed E-state index contributed by atoms with van der Waals surface area (Å²) in [6, 6.07) is 11.2. The van der Waals surface area contributed by atoms with Gasteiger partial charge >= 0.3 is 0 Å². The Bertz CT molecular complexity index is 705. The van der Waals surface area contributed by atoms with Gasteiger partial charge in [0.25, 0.3) is 0 Å². The Balaban J connectivity index is 2.25. The van der Waals surface area contributed by atoms with Crippen molar-refractivity contribution in [1.82, 2.24) is 14.6 Å². The highest BCUT2D eigenvalue weighted by Gasteiger charge is 2.11. The van der Waals surface area contributed by atoms with Gasteiger partial charge in [-0.15, -0.1) is 10.2 Å². The second-order valence-electron chi connectivity index (χ2n) is 3.91. The number of ether oxygens (including phenoxy) is 1. The maximum atomic E-state index is 5.99. The molecule has 0 aliphatic rings. The Morgan fingerprint density at radius 3 is 2.89 bits per heavy atom. The molecule has 0 unspecified atom stereocenters. The summed E-state index contributed by atoms with van der Waals surface area (Å²) in [7, 11) is 1.62. The van der Waals surface area contributed by atoms with Gasteiger partial charge < -0.3 is 10.5 Å². The van der Waals surface area contributed by atoms with E-state index >= 15 is 0 Å². The van der Waals surface area contributed by atoms with Gasteiger partial charge in [0.1, 0.15) is 5.75 Å². The molecular formula is C13H12N4O. The highest BCUT2D eigenvalue weighted by molar-refractivity contribution is 5.74. The van der Waals surface area contributed by atoms with Crippen molar-refractivity contribution >= 4 is 11.3 Å². The van der Waals surface area contributed by atoms with Gasteiger partial charge in [-0.1, -0.05) is 6.07 Å². The molecule has 0 aliphatic heterocycles. The van der Waals surface area contributed by atoms with Gasteiger partial charge in [0, 0.05) is 17.4 Å². The number of rotatable bonds is 2. The van der Waals surface area contributed by atoms with E-state index in [2.05, 4.69) is 10.2 Å². The van der Waals surface area contributed by atoms with Gasteiger partial charge in [0.05, 0.1) is 7.11 Å². The van der Waals surface area contributed by atoms with Crippen LogP contribution < -0.4 is 10.5 Å². The van der Waals surface area contributed by atoms with Gasteiger partial charge in [-0.2, -0.15) is 0 Å². The average Bonchev–Trinajstić information content (AvgIpc) is 2.83. The molecule has 3 rings (SSSR count). The lowest BCUT2D eigenvalue weighted by Gasteiger charge is -2.06. The lowest BCUT2D eigenvalue weighted by atomic mass is 10.1. The van der Waals surface area contributed by atoms with Crippen molar-refractivity contribution < 1.29 is 4.74 Å². The molecule has 0 amide bonds. The molecule has 0 aliphatic carbocycles. The molecule has 5 nitrogen and oxygen atoms in total. The van der Waals surface area contributed by atoms with Gasteiger partial charge in [-0.05, 0) is 30.3 Å². The molecule has 1 aromatic carbocycles. The van der Waals surface area contributed by atoms with Gasteiger partial charge in [0.2, 0.25) is 0 Å². The van der Waals surface area contributed by atoms with Crippen LogP contribution in [0.3, 0.4) is 0 Å². The molecule has 0 bridgehead atoms. The molecule has 0 spiro atoms. The zero-order valence-corrected chi connectivity index (χ0v) is 9.87. The van der Waals surface area contributed by atoms with E-state index in [4.69, 9.17) is 10.5 Å². The number of anilines is 1. The van der Waals surface area contributed by atoms with Crippen LogP contribution in [0.1, 0.15) is 0 Å². The average molecular weight is 240 g/mol. The number of nitrogens with zero attached hydrogens (tertiary/aromatic N) is 3. The van der Waals surface area contributed by atoms with E-state index in [1.54, 1.807) is 13.2 Å². The van der Waals surface area contributed by atoms with Crippen LogP contribution in [-0.4, -0.2) is 21.7 Å². The third kappa shape index (κ3) is 1.57. The number of benzene rings is 1. The van der Waals surface area contributed by atoms with Crippen molar-refractivity contribution in [3.63, 3.8) is 0 Å². The Kier molecular flexibility index (Phi) is 2.37. The standard InChI is InChI=1S/C13H12N4O/c1-18-9-5-6-11(14)10(8-9)13-16-15-12-4-2-3-7-17(12)13/h2-8H,14H2,1H3. The number of fused-ring (bicyclic) bond motifs is 1. The molecule has 0 fully saturated rings. The number of methoxy groups -OCH3 is 1. The molecule has 90 valence electrons. The predicted octanol–water partition coefficient (Wildman–Crippen LogP) is 1.99. The minimum absolute atomic E-state index is 0.647. The SMILES string of the molecule is COc1ccc(N)c(-c2nnc3ccccn23)c1. The molecule has 5 heteroatoms. The van der Waals surface area contributed by atoms with Crippen molar-refractivity contribution in [3.05, 3.63) is 42.6 Å². The summed E-state index contributed by atoms with van der Waals surface area (Å²) in [6.45, 7) is 0. The zero-order chi connectivity index (χ0) is 12.5. The molecule has 0 radical (unpaired) electrons. The fourth-order valence-electron chi connectivity index (χ4n) is 1.88. The predicted molar refractivity (Wildman–Crippen MR) is 69.4 cm³/mol. The summed E-state index contributed by atoms with van der Waals surface area (Å²) >= 11 is 0. The van der Waals surface area contributed by atoms with Crippen molar-refractivity contribution in [3.8, 4) is 17.1 Å². The van der Waals surface area contributed by atoms with Crippen LogP contribution in [0.25, 0.3) is 17.0 Å². The largest absolute Gasteiger partial charge is 0.497 e. The van der Waals surface area contributed by atoms with Crippen molar-refractivity contribution in [1.29, 1.82) is 0 Å². The second-order valence-corrected chi connectivity index (χ2v) is 3.91. The minimum atomic E-state index is 0.647. The van der Waals surface area contributed by atoms with E-state index in [0.717, 1.165) is 17.0 Å². The monoisotopic (exact) mass is 240 g/mol. The summed E-state index contributed by atoms with van der Waals surface area (Å²) in [5.74, 6) is 1.45. The molecule has 3 aromatic rings. The first kappa shape index (κ1) is 10.6. The smallest absolute Gasteiger partial charge is 0.170 e. The van der Waals surface area contributed by atoms with Gasteiger partial charge in [-0.3, -0.25) is 4.40 Å². The lowest BCUT2D eigenvalue weighted by molar-refractivity contribution is 0.415. The van der Waals surface area contributed by atoms with Crippen LogP contribution in [0.2, 0.25) is 0 Å². The van der Waals surface area contributed by atoms with Gasteiger partial charge in [0.15, 0.2) is 11.5 Å². The number of hydrogen-bond acceptors (Lipinski definition) is 4. The molecule has 0 saturated carbocycles. The summed E-state index contributed by atoms with van der Waals surface area (Å²) in [5, 5.41) is 8.29. The zero-order valence-electron chi connectivity index (χ0n) is 9.87. The quantitative estimate of drug-likeness (QED) is 0.696. The lowest BCUT2D eigenvalue weighted by Crippen LogP contribution is -1.95. The van der Waals surface area contributed by atoms with E-state index in [-0.39, 0.29) is 0 Å². The molecule has 18 heavy (non-hydrogen) atoms. The van der Waals surface area contributed by atoms with E-state index in [0.29, 0.717) is 11.5 Å². The van der Waals surface area contributed by atoms with Crippen LogP contribution in [-0.2, 0) is 0 Å². The van der Waals surface area contributed by atoms with Crippen molar-refractivity contribution in [2.75, 3.05) is 12.8 Å². The first-order chi connectivity index (χ1) is 8.79. The number of nitrogens with two attached hydrogens (primary N) is 1. The molecular weight excluding hydrogens is 228 g/mol. The van der Waals surface area contributed by atoms with Crippen molar-refractivity contribution in [2.24, 2.45) is 0 Å². The number of pyridine rings is 1. The first-order valence-electron chi connectivity index (χ1n) is 5.53. The molecule has 0 atom stereocenters. The molecule has 2 N–H and O–H groups in total. The minimum Gasteiger partial charge on any atom is -0.497 e. The number of aromatic nitrogens is 3. The maximum absolute atomic E-state index is 5.99. The van der Waals surface area contributed by atoms with Crippen LogP contribution >= 0.6 is 0 Å². The van der Waals surface area contributed by atoms with Gasteiger partial charge in [-0.25, -0.2) is 0 Å². The molecule has 0 saturated heterocycles. The van der Waals surface area contributed by atoms with Crippen LogP contribution in [0.5, 0.6) is 5.75 Å². The second kappa shape index (κ2) is 4.03. The summed E-state index contributed by atoms with van der Waals surface area (Å²) < 4.78 is 7.10. The van der Waals surface area contributed by atoms with Crippen molar-refractivity contribution in [2.45, 2.75) is 0 Å². The summed E-state index contributed by atoms with van der Waals surface area (Å²) in [4.78, 5) is 0. The first-order valence-corrected chi connectivity index (χ1v) is 5.53. The summed E-state index contributed by atoms with van der Waals surface area (Å²) in [5.41, 5.74) is 8.24. The third-order valence-electron chi connectivity index (χ3n) is 2.82. The van der Waals surface area contributed by atoms with E-state index in [1.165, 1.54) is 0 Å². The topological polar surface area (TPSA) is 65.4 Å². The number of nitrogen functional groups attached to an aromatic ring is 1. The molecule has 2 aromatic heterocycles. The summed E-state index contributed by atoms with van der Waals surface area (Å²) in [6.07, 6.45) is 1.91. The molecule has 2 heterocycles.